The molecule has 0 N–H and O–H groups in total. The summed E-state index contributed by atoms with van der Waals surface area (Å²) in [6.45, 7) is 4.22. The van der Waals surface area contributed by atoms with Crippen molar-refractivity contribution in [2.45, 2.75) is 19.9 Å². The maximum Gasteiger partial charge on any atom is 0.101 e. The molecule has 0 aliphatic carbocycles. The summed E-state index contributed by atoms with van der Waals surface area (Å²) >= 11 is 1.62. The van der Waals surface area contributed by atoms with Crippen molar-refractivity contribution in [3.8, 4) is 6.07 Å². The number of nitrogens with zero attached hydrogens (tertiary/aromatic N) is 3. The van der Waals surface area contributed by atoms with Crippen LogP contribution >= 0.6 is 11.3 Å². The van der Waals surface area contributed by atoms with E-state index in [0.29, 0.717) is 6.04 Å². The lowest BCUT2D eigenvalue weighted by molar-refractivity contribution is 0.537. The topological polar surface area (TPSA) is 41.6 Å². The summed E-state index contributed by atoms with van der Waals surface area (Å²) in [5.74, 6) is 0. The van der Waals surface area contributed by atoms with Gasteiger partial charge in [0.15, 0.2) is 0 Å². The van der Waals surface area contributed by atoms with Crippen LogP contribution in [0.3, 0.4) is 0 Å². The van der Waals surface area contributed by atoms with Gasteiger partial charge in [-0.25, -0.2) is 0 Å². The van der Waals surface area contributed by atoms with Gasteiger partial charge in [-0.3, -0.25) is 4.68 Å². The molecule has 0 radical (unpaired) electrons. The van der Waals surface area contributed by atoms with Crippen LogP contribution in [0.1, 0.15) is 25.5 Å². The highest BCUT2D eigenvalue weighted by atomic mass is 32.1. The van der Waals surface area contributed by atoms with Gasteiger partial charge in [0, 0.05) is 33.1 Å². The first-order valence-electron chi connectivity index (χ1n) is 5.50. The molecule has 2 aromatic heterocycles. The Kier molecular flexibility index (Phi) is 2.17. The van der Waals surface area contributed by atoms with Gasteiger partial charge >= 0.3 is 0 Å². The van der Waals surface area contributed by atoms with Crippen LogP contribution in [0.5, 0.6) is 0 Å². The number of rotatable bonds is 1. The molecule has 0 aliphatic heterocycles. The van der Waals surface area contributed by atoms with Gasteiger partial charge in [0.05, 0.1) is 11.1 Å². The highest BCUT2D eigenvalue weighted by molar-refractivity contribution is 7.18. The molecule has 84 valence electrons. The molecule has 17 heavy (non-hydrogen) atoms. The van der Waals surface area contributed by atoms with Gasteiger partial charge in [-0.15, -0.1) is 11.3 Å². The number of aromatic nitrogens is 2. The lowest BCUT2D eigenvalue weighted by Gasteiger charge is -2.02. The SMILES string of the molecule is CC(C)n1cc2c(ccc3c(C#N)csc32)n1. The highest BCUT2D eigenvalue weighted by Gasteiger charge is 2.10. The molecular formula is C13H11N3S. The average molecular weight is 241 g/mol. The van der Waals surface area contributed by atoms with Crippen molar-refractivity contribution in [2.75, 3.05) is 0 Å². The summed E-state index contributed by atoms with van der Waals surface area (Å²) in [7, 11) is 0. The predicted molar refractivity (Wildman–Crippen MR) is 70.2 cm³/mol. The number of nitriles is 1. The smallest absolute Gasteiger partial charge is 0.101 e. The standard InChI is InChI=1S/C13H11N3S/c1-8(2)16-6-11-12(15-16)4-3-10-9(5-14)7-17-13(10)11/h3-4,6-8H,1-2H3. The molecule has 4 heteroatoms. The number of thiophene rings is 1. The van der Waals surface area contributed by atoms with Gasteiger partial charge in [0.25, 0.3) is 0 Å². The summed E-state index contributed by atoms with van der Waals surface area (Å²) in [5.41, 5.74) is 1.75. The molecule has 0 bridgehead atoms. The van der Waals surface area contributed by atoms with Gasteiger partial charge in [-0.05, 0) is 26.0 Å². The first-order valence-corrected chi connectivity index (χ1v) is 6.38. The van der Waals surface area contributed by atoms with E-state index in [1.807, 2.05) is 22.2 Å². The summed E-state index contributed by atoms with van der Waals surface area (Å²) < 4.78 is 3.13. The van der Waals surface area contributed by atoms with Gasteiger partial charge < -0.3 is 0 Å². The second-order valence-corrected chi connectivity index (χ2v) is 5.22. The molecule has 3 aromatic rings. The van der Waals surface area contributed by atoms with Crippen molar-refractivity contribution in [2.24, 2.45) is 0 Å². The zero-order valence-electron chi connectivity index (χ0n) is 9.64. The van der Waals surface area contributed by atoms with Crippen molar-refractivity contribution >= 4 is 32.3 Å². The van der Waals surface area contributed by atoms with E-state index in [-0.39, 0.29) is 0 Å². The minimum Gasteiger partial charge on any atom is -0.269 e. The first kappa shape index (κ1) is 10.3. The maximum atomic E-state index is 9.03. The molecule has 0 amide bonds. The second kappa shape index (κ2) is 3.57. The Hall–Kier alpha value is -1.86. The molecular weight excluding hydrogens is 230 g/mol. The van der Waals surface area contributed by atoms with Crippen molar-refractivity contribution in [3.05, 3.63) is 29.3 Å². The fraction of sp³-hybridized carbons (Fsp3) is 0.231. The van der Waals surface area contributed by atoms with Gasteiger partial charge in [-0.2, -0.15) is 10.4 Å². The minimum absolute atomic E-state index is 0.354. The summed E-state index contributed by atoms with van der Waals surface area (Å²) in [6, 6.07) is 6.56. The van der Waals surface area contributed by atoms with Crippen LogP contribution in [0.4, 0.5) is 0 Å². The van der Waals surface area contributed by atoms with E-state index in [0.717, 1.165) is 26.6 Å². The van der Waals surface area contributed by atoms with Crippen LogP contribution in [-0.4, -0.2) is 9.78 Å². The Morgan fingerprint density at radius 3 is 2.88 bits per heavy atom. The molecule has 0 aliphatic rings. The van der Waals surface area contributed by atoms with Crippen LogP contribution in [0, 0.1) is 11.3 Å². The van der Waals surface area contributed by atoms with Gasteiger partial charge in [0.1, 0.15) is 6.07 Å². The first-order chi connectivity index (χ1) is 8.20. The average Bonchev–Trinajstić information content (AvgIpc) is 2.91. The quantitative estimate of drug-likeness (QED) is 0.651. The van der Waals surface area contributed by atoms with E-state index in [1.54, 1.807) is 11.3 Å². The summed E-state index contributed by atoms with van der Waals surface area (Å²) in [4.78, 5) is 0. The fourth-order valence-electron chi connectivity index (χ4n) is 1.96. The molecule has 0 saturated heterocycles. The molecule has 3 nitrogen and oxygen atoms in total. The Labute approximate surface area is 103 Å². The van der Waals surface area contributed by atoms with Crippen molar-refractivity contribution < 1.29 is 0 Å². The zero-order valence-corrected chi connectivity index (χ0v) is 10.5. The van der Waals surface area contributed by atoms with E-state index in [9.17, 15) is 0 Å². The number of hydrogen-bond donors (Lipinski definition) is 0. The molecule has 3 rings (SSSR count). The molecule has 1 aromatic carbocycles. The highest BCUT2D eigenvalue weighted by Crippen LogP contribution is 2.32. The van der Waals surface area contributed by atoms with Crippen LogP contribution in [0.15, 0.2) is 23.7 Å². The van der Waals surface area contributed by atoms with E-state index < -0.39 is 0 Å². The second-order valence-electron chi connectivity index (χ2n) is 4.34. The summed E-state index contributed by atoms with van der Waals surface area (Å²) in [5, 5.41) is 17.7. The maximum absolute atomic E-state index is 9.03. The van der Waals surface area contributed by atoms with Gasteiger partial charge in [-0.1, -0.05) is 0 Å². The Morgan fingerprint density at radius 2 is 2.18 bits per heavy atom. The largest absolute Gasteiger partial charge is 0.269 e. The lowest BCUT2D eigenvalue weighted by Crippen LogP contribution is -1.99. The zero-order chi connectivity index (χ0) is 12.0. The van der Waals surface area contributed by atoms with Crippen LogP contribution in [0.2, 0.25) is 0 Å². The summed E-state index contributed by atoms with van der Waals surface area (Å²) in [6.07, 6.45) is 2.07. The number of hydrogen-bond acceptors (Lipinski definition) is 3. The predicted octanol–water partition coefficient (Wildman–Crippen LogP) is 3.70. The van der Waals surface area contributed by atoms with Crippen LogP contribution in [0.25, 0.3) is 21.0 Å². The van der Waals surface area contributed by atoms with E-state index in [2.05, 4.69) is 31.2 Å². The van der Waals surface area contributed by atoms with Crippen LogP contribution < -0.4 is 0 Å². The number of fused-ring (bicyclic) bond motifs is 3. The third-order valence-corrected chi connectivity index (χ3v) is 3.92. The third kappa shape index (κ3) is 1.43. The molecule has 0 unspecified atom stereocenters. The third-order valence-electron chi connectivity index (χ3n) is 2.89. The normalized spacial score (nSPS) is 11.4. The minimum atomic E-state index is 0.354. The van der Waals surface area contributed by atoms with E-state index in [1.165, 1.54) is 0 Å². The van der Waals surface area contributed by atoms with Gasteiger partial charge in [0.2, 0.25) is 0 Å². The van der Waals surface area contributed by atoms with Crippen molar-refractivity contribution in [3.63, 3.8) is 0 Å². The number of benzene rings is 1. The monoisotopic (exact) mass is 241 g/mol. The van der Waals surface area contributed by atoms with Crippen molar-refractivity contribution in [1.29, 1.82) is 5.26 Å². The Balaban J connectivity index is 2.40. The molecule has 2 heterocycles. The van der Waals surface area contributed by atoms with Crippen molar-refractivity contribution in [1.82, 2.24) is 9.78 Å². The molecule has 0 fully saturated rings. The van der Waals surface area contributed by atoms with Crippen LogP contribution in [-0.2, 0) is 0 Å². The Morgan fingerprint density at radius 1 is 1.35 bits per heavy atom. The molecule has 0 spiro atoms. The van der Waals surface area contributed by atoms with E-state index in [4.69, 9.17) is 5.26 Å². The fourth-order valence-corrected chi connectivity index (χ4v) is 2.96. The lowest BCUT2D eigenvalue weighted by atomic mass is 10.1. The molecule has 0 saturated carbocycles. The Bertz CT molecular complexity index is 743. The van der Waals surface area contributed by atoms with E-state index >= 15 is 0 Å². The molecule has 0 atom stereocenters.